The van der Waals surface area contributed by atoms with E-state index < -0.39 is 5.91 Å². The summed E-state index contributed by atoms with van der Waals surface area (Å²) in [5.41, 5.74) is 10.5. The number of primary amides is 1. The summed E-state index contributed by atoms with van der Waals surface area (Å²) in [6, 6.07) is 9.27. The van der Waals surface area contributed by atoms with Gasteiger partial charge in [-0.3, -0.25) is 9.59 Å². The smallest absolute Gasteiger partial charge is 0.254 e. The van der Waals surface area contributed by atoms with Gasteiger partial charge in [0.05, 0.1) is 30.0 Å². The highest BCUT2D eigenvalue weighted by atomic mass is 16.5. The Labute approximate surface area is 177 Å². The molecule has 8 nitrogen and oxygen atoms in total. The zero-order valence-corrected chi connectivity index (χ0v) is 17.3. The van der Waals surface area contributed by atoms with E-state index in [0.29, 0.717) is 48.7 Å². The van der Waals surface area contributed by atoms with Gasteiger partial charge in [-0.1, -0.05) is 5.16 Å². The molecule has 2 aromatic heterocycles. The number of aromatic nitrogens is 2. The molecule has 1 fully saturated rings. The number of H-pyrrole nitrogens is 1. The van der Waals surface area contributed by atoms with Crippen molar-refractivity contribution in [3.8, 4) is 11.1 Å². The lowest BCUT2D eigenvalue weighted by molar-refractivity contribution is 0.0303. The van der Waals surface area contributed by atoms with Crippen molar-refractivity contribution in [2.45, 2.75) is 13.8 Å². The molecule has 0 unspecified atom stereocenters. The number of fused-ring (bicyclic) bond motifs is 3. The molecule has 31 heavy (non-hydrogen) atoms. The molecule has 0 radical (unpaired) electrons. The topological polar surface area (TPSA) is 114 Å². The van der Waals surface area contributed by atoms with Gasteiger partial charge in [0.2, 0.25) is 0 Å². The monoisotopic (exact) mass is 418 g/mol. The fraction of sp³-hybridized carbons (Fsp3) is 0.261. The lowest BCUT2D eigenvalue weighted by Gasteiger charge is -2.26. The summed E-state index contributed by atoms with van der Waals surface area (Å²) < 4.78 is 10.7. The number of aromatic amines is 1. The van der Waals surface area contributed by atoms with E-state index in [1.807, 2.05) is 32.0 Å². The molecular weight excluding hydrogens is 396 g/mol. The Bertz CT molecular complexity index is 1330. The van der Waals surface area contributed by atoms with Crippen molar-refractivity contribution in [1.82, 2.24) is 15.0 Å². The predicted molar refractivity (Wildman–Crippen MR) is 116 cm³/mol. The summed E-state index contributed by atoms with van der Waals surface area (Å²) in [5.74, 6) is 0.0987. The van der Waals surface area contributed by atoms with Crippen LogP contribution >= 0.6 is 0 Å². The van der Waals surface area contributed by atoms with Crippen molar-refractivity contribution in [3.05, 3.63) is 52.9 Å². The van der Waals surface area contributed by atoms with Gasteiger partial charge in [0.1, 0.15) is 5.76 Å². The summed E-state index contributed by atoms with van der Waals surface area (Å²) in [4.78, 5) is 30.3. The highest BCUT2D eigenvalue weighted by Crippen LogP contribution is 2.35. The van der Waals surface area contributed by atoms with E-state index in [1.165, 1.54) is 0 Å². The van der Waals surface area contributed by atoms with Crippen LogP contribution < -0.4 is 5.73 Å². The Balaban J connectivity index is 1.71. The molecule has 1 aliphatic rings. The number of hydrogen-bond donors (Lipinski definition) is 2. The Morgan fingerprint density at radius 3 is 2.55 bits per heavy atom. The second-order valence-electron chi connectivity index (χ2n) is 7.80. The third-order valence-corrected chi connectivity index (χ3v) is 5.84. The van der Waals surface area contributed by atoms with E-state index >= 15 is 0 Å². The first kappa shape index (κ1) is 19.3. The molecule has 1 aliphatic heterocycles. The molecule has 3 heterocycles. The second-order valence-corrected chi connectivity index (χ2v) is 7.80. The van der Waals surface area contributed by atoms with Crippen LogP contribution in [0.2, 0.25) is 0 Å². The van der Waals surface area contributed by atoms with Crippen molar-refractivity contribution in [1.29, 1.82) is 0 Å². The third-order valence-electron chi connectivity index (χ3n) is 5.84. The van der Waals surface area contributed by atoms with Gasteiger partial charge in [-0.05, 0) is 49.7 Å². The molecule has 2 aromatic carbocycles. The molecule has 4 aromatic rings. The number of benzene rings is 2. The number of rotatable bonds is 3. The summed E-state index contributed by atoms with van der Waals surface area (Å²) in [7, 11) is 0. The van der Waals surface area contributed by atoms with Crippen molar-refractivity contribution in [2.75, 3.05) is 26.3 Å². The molecular formula is C23H22N4O4. The second kappa shape index (κ2) is 7.24. The van der Waals surface area contributed by atoms with Gasteiger partial charge in [-0.2, -0.15) is 0 Å². The molecule has 5 rings (SSSR count). The van der Waals surface area contributed by atoms with Crippen LogP contribution in [0.1, 0.15) is 32.2 Å². The van der Waals surface area contributed by atoms with Gasteiger partial charge >= 0.3 is 0 Å². The maximum absolute atomic E-state index is 13.0. The molecule has 2 amide bonds. The summed E-state index contributed by atoms with van der Waals surface area (Å²) in [6.07, 6.45) is 0. The van der Waals surface area contributed by atoms with Crippen LogP contribution in [0, 0.1) is 13.8 Å². The standard InChI is InChI=1S/C23H22N4O4/c1-12-20(13(2)31-26-12)15-10-17-16-9-14(23(29)27-5-7-30-8-6-27)3-4-19(16)25-21(17)18(11-15)22(24)28/h3-4,9-11,25H,5-8H2,1-2H3,(H2,24,28). The Morgan fingerprint density at radius 2 is 1.87 bits per heavy atom. The highest BCUT2D eigenvalue weighted by Gasteiger charge is 2.21. The largest absolute Gasteiger partial charge is 0.378 e. The lowest BCUT2D eigenvalue weighted by Crippen LogP contribution is -2.40. The van der Waals surface area contributed by atoms with Gasteiger partial charge in [-0.25, -0.2) is 0 Å². The van der Waals surface area contributed by atoms with E-state index in [1.54, 1.807) is 17.0 Å². The van der Waals surface area contributed by atoms with Crippen LogP contribution in [0.4, 0.5) is 0 Å². The van der Waals surface area contributed by atoms with Crippen molar-refractivity contribution in [2.24, 2.45) is 5.73 Å². The van der Waals surface area contributed by atoms with Crippen molar-refractivity contribution in [3.63, 3.8) is 0 Å². The molecule has 0 aliphatic carbocycles. The first-order valence-corrected chi connectivity index (χ1v) is 10.1. The van der Waals surface area contributed by atoms with Crippen molar-refractivity contribution < 1.29 is 18.8 Å². The van der Waals surface area contributed by atoms with Gasteiger partial charge < -0.3 is 24.9 Å². The molecule has 0 bridgehead atoms. The zero-order valence-electron chi connectivity index (χ0n) is 17.3. The average molecular weight is 418 g/mol. The van der Waals surface area contributed by atoms with E-state index in [4.69, 9.17) is 15.0 Å². The third kappa shape index (κ3) is 3.16. The number of aryl methyl sites for hydroxylation is 2. The first-order chi connectivity index (χ1) is 14.9. The van der Waals surface area contributed by atoms with Crippen LogP contribution in [-0.2, 0) is 4.74 Å². The molecule has 8 heteroatoms. The van der Waals surface area contributed by atoms with Gasteiger partial charge in [-0.15, -0.1) is 0 Å². The number of carbonyl (C=O) groups is 2. The minimum atomic E-state index is -0.533. The fourth-order valence-electron chi connectivity index (χ4n) is 4.32. The van der Waals surface area contributed by atoms with Gasteiger partial charge in [0.25, 0.3) is 11.8 Å². The quantitative estimate of drug-likeness (QED) is 0.530. The predicted octanol–water partition coefficient (Wildman–Crippen LogP) is 3.16. The highest BCUT2D eigenvalue weighted by molar-refractivity contribution is 6.17. The fourth-order valence-corrected chi connectivity index (χ4v) is 4.32. The number of nitrogens with zero attached hydrogens (tertiary/aromatic N) is 2. The van der Waals surface area contributed by atoms with Crippen LogP contribution in [0.15, 0.2) is 34.9 Å². The number of carbonyl (C=O) groups excluding carboxylic acids is 2. The molecule has 0 saturated carbocycles. The van der Waals surface area contributed by atoms with E-state index in [2.05, 4.69) is 10.1 Å². The van der Waals surface area contributed by atoms with E-state index in [0.717, 1.165) is 33.1 Å². The number of ether oxygens (including phenoxy) is 1. The number of nitrogens with one attached hydrogen (secondary N) is 1. The Kier molecular flexibility index (Phi) is 4.51. The van der Waals surface area contributed by atoms with Crippen molar-refractivity contribution >= 4 is 33.6 Å². The minimum absolute atomic E-state index is 0.0310. The van der Waals surface area contributed by atoms with Gasteiger partial charge in [0.15, 0.2) is 0 Å². The Morgan fingerprint density at radius 1 is 1.10 bits per heavy atom. The van der Waals surface area contributed by atoms with Gasteiger partial charge in [0, 0.05) is 40.5 Å². The Hall–Kier alpha value is -3.65. The number of amides is 2. The molecule has 3 N–H and O–H groups in total. The number of morpholine rings is 1. The summed E-state index contributed by atoms with van der Waals surface area (Å²) >= 11 is 0. The normalized spacial score (nSPS) is 14.5. The van der Waals surface area contributed by atoms with Crippen LogP contribution in [0.3, 0.4) is 0 Å². The van der Waals surface area contributed by atoms with E-state index in [-0.39, 0.29) is 5.91 Å². The summed E-state index contributed by atoms with van der Waals surface area (Å²) in [6.45, 7) is 5.93. The maximum atomic E-state index is 13.0. The number of nitrogens with two attached hydrogens (primary N) is 1. The average Bonchev–Trinajstić information content (AvgIpc) is 3.31. The van der Waals surface area contributed by atoms with Crippen LogP contribution in [-0.4, -0.2) is 53.2 Å². The SMILES string of the molecule is Cc1noc(C)c1-c1cc(C(N)=O)c2[nH]c3ccc(C(=O)N4CCOCC4)cc3c2c1. The maximum Gasteiger partial charge on any atom is 0.254 e. The lowest BCUT2D eigenvalue weighted by atomic mass is 9.97. The first-order valence-electron chi connectivity index (χ1n) is 10.1. The zero-order chi connectivity index (χ0) is 21.7. The molecule has 1 saturated heterocycles. The number of hydrogen-bond acceptors (Lipinski definition) is 5. The summed E-state index contributed by atoms with van der Waals surface area (Å²) in [5, 5.41) is 5.70. The molecule has 0 atom stereocenters. The van der Waals surface area contributed by atoms with Crippen LogP contribution in [0.25, 0.3) is 32.9 Å². The minimum Gasteiger partial charge on any atom is -0.378 e. The molecule has 0 spiro atoms. The molecule has 158 valence electrons. The van der Waals surface area contributed by atoms with Crippen LogP contribution in [0.5, 0.6) is 0 Å². The van der Waals surface area contributed by atoms with E-state index in [9.17, 15) is 9.59 Å².